The summed E-state index contributed by atoms with van der Waals surface area (Å²) in [4.78, 5) is 11.3. The summed E-state index contributed by atoms with van der Waals surface area (Å²) in [6.45, 7) is 0. The number of benzene rings is 1. The number of rotatable bonds is 2. The van der Waals surface area contributed by atoms with E-state index < -0.39 is 6.10 Å². The Balaban J connectivity index is 2.26. The first-order valence-electron chi connectivity index (χ1n) is 5.73. The lowest BCUT2D eigenvalue weighted by Crippen LogP contribution is -2.25. The molecule has 0 fully saturated rings. The minimum absolute atomic E-state index is 0.351. The Morgan fingerprint density at radius 3 is 2.69 bits per heavy atom. The molecule has 1 aliphatic rings. The van der Waals surface area contributed by atoms with Crippen LogP contribution in [0.2, 0.25) is 0 Å². The van der Waals surface area contributed by atoms with Crippen LogP contribution in [0.15, 0.2) is 18.2 Å². The number of fused-ring (bicyclic) bond motifs is 1. The molecule has 3 heteroatoms. The van der Waals surface area contributed by atoms with Gasteiger partial charge in [0.25, 0.3) is 5.91 Å². The van der Waals surface area contributed by atoms with Gasteiger partial charge in [0.1, 0.15) is 0 Å². The highest BCUT2D eigenvalue weighted by Crippen LogP contribution is 2.24. The third-order valence-electron chi connectivity index (χ3n) is 3.18. The molecule has 0 radical (unpaired) electrons. The molecule has 2 N–H and O–H groups in total. The molecule has 0 spiro atoms. The number of aryl methyl sites for hydroxylation is 2. The molecular formula is C13H17NO2. The highest BCUT2D eigenvalue weighted by atomic mass is 16.3. The van der Waals surface area contributed by atoms with Crippen LogP contribution in [0.3, 0.4) is 0 Å². The van der Waals surface area contributed by atoms with Gasteiger partial charge in [0.05, 0.1) is 0 Å². The summed E-state index contributed by atoms with van der Waals surface area (Å²) in [6, 6.07) is 5.86. The molecule has 0 bridgehead atoms. The van der Waals surface area contributed by atoms with Gasteiger partial charge in [0.2, 0.25) is 0 Å². The number of hydrogen-bond acceptors (Lipinski definition) is 2. The van der Waals surface area contributed by atoms with Gasteiger partial charge in [-0.15, -0.1) is 0 Å². The Morgan fingerprint density at radius 2 is 2.00 bits per heavy atom. The molecule has 16 heavy (non-hydrogen) atoms. The van der Waals surface area contributed by atoms with Gasteiger partial charge in [-0.2, -0.15) is 0 Å². The standard InChI is InChI=1S/C13H17NO2/c1-14-13(16)12(15)11-7-6-9-4-2-3-5-10(9)8-11/h6-8,12,15H,2-5H2,1H3,(H,14,16). The number of aliphatic hydroxyl groups is 1. The number of amides is 1. The van der Waals surface area contributed by atoms with E-state index >= 15 is 0 Å². The van der Waals surface area contributed by atoms with E-state index in [1.807, 2.05) is 18.2 Å². The molecule has 0 aliphatic heterocycles. The minimum atomic E-state index is -1.04. The molecule has 1 aliphatic carbocycles. The molecule has 0 saturated carbocycles. The Bertz CT molecular complexity index is 401. The fourth-order valence-electron chi connectivity index (χ4n) is 2.21. The number of carbonyl (C=O) groups excluding carboxylic acids is 1. The van der Waals surface area contributed by atoms with Crippen molar-refractivity contribution < 1.29 is 9.90 Å². The lowest BCUT2D eigenvalue weighted by molar-refractivity contribution is -0.129. The highest BCUT2D eigenvalue weighted by molar-refractivity contribution is 5.81. The molecule has 1 unspecified atom stereocenters. The Labute approximate surface area is 95.5 Å². The van der Waals surface area contributed by atoms with Crippen molar-refractivity contribution >= 4 is 5.91 Å². The SMILES string of the molecule is CNC(=O)C(O)c1ccc2c(c1)CCCC2. The first kappa shape index (κ1) is 11.1. The summed E-state index contributed by atoms with van der Waals surface area (Å²) in [6.07, 6.45) is 3.57. The number of likely N-dealkylation sites (N-methyl/N-ethyl adjacent to an activating group) is 1. The predicted molar refractivity (Wildman–Crippen MR) is 62.1 cm³/mol. The highest BCUT2D eigenvalue weighted by Gasteiger charge is 2.18. The van der Waals surface area contributed by atoms with Gasteiger partial charge in [-0.1, -0.05) is 18.2 Å². The van der Waals surface area contributed by atoms with E-state index in [2.05, 4.69) is 5.32 Å². The van der Waals surface area contributed by atoms with Crippen LogP contribution in [0.25, 0.3) is 0 Å². The van der Waals surface area contributed by atoms with Crippen molar-refractivity contribution in [1.82, 2.24) is 5.32 Å². The molecule has 86 valence electrons. The summed E-state index contributed by atoms with van der Waals surface area (Å²) in [5, 5.41) is 12.2. The second-order valence-electron chi connectivity index (χ2n) is 4.25. The first-order valence-corrected chi connectivity index (χ1v) is 5.73. The zero-order valence-corrected chi connectivity index (χ0v) is 9.49. The molecule has 0 saturated heterocycles. The topological polar surface area (TPSA) is 49.3 Å². The second-order valence-corrected chi connectivity index (χ2v) is 4.25. The van der Waals surface area contributed by atoms with Gasteiger partial charge in [-0.05, 0) is 42.4 Å². The summed E-state index contributed by atoms with van der Waals surface area (Å²) in [7, 11) is 1.53. The fraction of sp³-hybridized carbons (Fsp3) is 0.462. The van der Waals surface area contributed by atoms with E-state index in [1.165, 1.54) is 31.0 Å². The van der Waals surface area contributed by atoms with Crippen LogP contribution in [-0.2, 0) is 17.6 Å². The van der Waals surface area contributed by atoms with E-state index in [-0.39, 0.29) is 5.91 Å². The fourth-order valence-corrected chi connectivity index (χ4v) is 2.21. The van der Waals surface area contributed by atoms with Crippen molar-refractivity contribution in [2.45, 2.75) is 31.8 Å². The summed E-state index contributed by atoms with van der Waals surface area (Å²) in [5.41, 5.74) is 3.34. The van der Waals surface area contributed by atoms with Crippen molar-refractivity contribution in [3.05, 3.63) is 34.9 Å². The van der Waals surface area contributed by atoms with E-state index in [4.69, 9.17) is 0 Å². The van der Waals surface area contributed by atoms with Crippen molar-refractivity contribution in [3.63, 3.8) is 0 Å². The smallest absolute Gasteiger partial charge is 0.253 e. The maximum absolute atomic E-state index is 11.3. The third-order valence-corrected chi connectivity index (χ3v) is 3.18. The van der Waals surface area contributed by atoms with Crippen LogP contribution < -0.4 is 5.32 Å². The van der Waals surface area contributed by atoms with Crippen LogP contribution >= 0.6 is 0 Å². The van der Waals surface area contributed by atoms with Gasteiger partial charge in [-0.3, -0.25) is 4.79 Å². The monoisotopic (exact) mass is 219 g/mol. The number of carbonyl (C=O) groups is 1. The molecule has 1 atom stereocenters. The molecule has 0 heterocycles. The maximum Gasteiger partial charge on any atom is 0.253 e. The quantitative estimate of drug-likeness (QED) is 0.788. The van der Waals surface area contributed by atoms with E-state index in [9.17, 15) is 9.90 Å². The number of aliphatic hydroxyl groups excluding tert-OH is 1. The molecule has 3 nitrogen and oxygen atoms in total. The average molecular weight is 219 g/mol. The van der Waals surface area contributed by atoms with E-state index in [0.717, 1.165) is 12.8 Å². The van der Waals surface area contributed by atoms with Crippen LogP contribution in [0.5, 0.6) is 0 Å². The summed E-state index contributed by atoms with van der Waals surface area (Å²) in [5.74, 6) is -0.351. The van der Waals surface area contributed by atoms with Gasteiger partial charge >= 0.3 is 0 Å². The zero-order chi connectivity index (χ0) is 11.5. The zero-order valence-electron chi connectivity index (χ0n) is 9.49. The lowest BCUT2D eigenvalue weighted by atomic mass is 9.89. The van der Waals surface area contributed by atoms with Gasteiger partial charge in [0, 0.05) is 7.05 Å². The lowest BCUT2D eigenvalue weighted by Gasteiger charge is -2.18. The van der Waals surface area contributed by atoms with Crippen LogP contribution in [0.4, 0.5) is 0 Å². The molecule has 2 rings (SSSR count). The largest absolute Gasteiger partial charge is 0.378 e. The van der Waals surface area contributed by atoms with Crippen molar-refractivity contribution in [2.24, 2.45) is 0 Å². The van der Waals surface area contributed by atoms with Crippen LogP contribution in [-0.4, -0.2) is 18.1 Å². The van der Waals surface area contributed by atoms with Gasteiger partial charge in [-0.25, -0.2) is 0 Å². The Morgan fingerprint density at radius 1 is 1.31 bits per heavy atom. The summed E-state index contributed by atoms with van der Waals surface area (Å²) < 4.78 is 0. The second kappa shape index (κ2) is 4.66. The molecular weight excluding hydrogens is 202 g/mol. The Kier molecular flexibility index (Phi) is 3.25. The molecule has 1 aromatic carbocycles. The number of nitrogens with one attached hydrogen (secondary N) is 1. The minimum Gasteiger partial charge on any atom is -0.378 e. The van der Waals surface area contributed by atoms with E-state index in [1.54, 1.807) is 0 Å². The predicted octanol–water partition coefficient (Wildman–Crippen LogP) is 1.34. The van der Waals surface area contributed by atoms with Crippen LogP contribution in [0.1, 0.15) is 35.6 Å². The molecule has 1 aromatic rings. The number of hydrogen-bond donors (Lipinski definition) is 2. The first-order chi connectivity index (χ1) is 7.72. The third kappa shape index (κ3) is 2.09. The molecule has 1 amide bonds. The van der Waals surface area contributed by atoms with E-state index in [0.29, 0.717) is 5.56 Å². The van der Waals surface area contributed by atoms with Gasteiger partial charge < -0.3 is 10.4 Å². The van der Waals surface area contributed by atoms with Gasteiger partial charge in [0.15, 0.2) is 6.10 Å². The van der Waals surface area contributed by atoms with Crippen molar-refractivity contribution in [1.29, 1.82) is 0 Å². The molecule has 0 aromatic heterocycles. The van der Waals surface area contributed by atoms with Crippen molar-refractivity contribution in [2.75, 3.05) is 7.05 Å². The normalized spacial score (nSPS) is 16.4. The van der Waals surface area contributed by atoms with Crippen molar-refractivity contribution in [3.8, 4) is 0 Å². The Hall–Kier alpha value is -1.35. The van der Waals surface area contributed by atoms with Crippen LogP contribution in [0, 0.1) is 0 Å². The average Bonchev–Trinajstić information content (AvgIpc) is 2.36. The summed E-state index contributed by atoms with van der Waals surface area (Å²) >= 11 is 0. The maximum atomic E-state index is 11.3.